The first-order chi connectivity index (χ1) is 11.1. The Balaban J connectivity index is 1.79. The molecule has 0 radical (unpaired) electrons. The number of anilines is 1. The van der Waals surface area contributed by atoms with Gasteiger partial charge in [-0.15, -0.1) is 0 Å². The van der Waals surface area contributed by atoms with Gasteiger partial charge in [-0.1, -0.05) is 0 Å². The number of halogens is 1. The van der Waals surface area contributed by atoms with Gasteiger partial charge in [-0.05, 0) is 51.1 Å². The molecule has 0 saturated carbocycles. The van der Waals surface area contributed by atoms with Crippen LogP contribution in [0.15, 0.2) is 30.5 Å². The normalized spacial score (nSPS) is 17.5. The standard InChI is InChI=1S/C17H21FN4O/c1-11(2)23-16-4-3-12(9-14(16)18)15-6-8-20-17(22-15)21-13-5-7-19-10-13/h3-4,6,8-9,11,13,19H,5,7,10H2,1-2H3,(H,20,21,22). The average Bonchev–Trinajstić information content (AvgIpc) is 3.02. The van der Waals surface area contributed by atoms with Crippen LogP contribution in [0, 0.1) is 5.82 Å². The van der Waals surface area contributed by atoms with Gasteiger partial charge in [-0.25, -0.2) is 14.4 Å². The van der Waals surface area contributed by atoms with Crippen molar-refractivity contribution in [2.45, 2.75) is 32.4 Å². The lowest BCUT2D eigenvalue weighted by atomic mass is 10.1. The highest BCUT2D eigenvalue weighted by atomic mass is 19.1. The molecule has 2 aromatic rings. The van der Waals surface area contributed by atoms with Crippen molar-refractivity contribution in [2.24, 2.45) is 0 Å². The zero-order valence-electron chi connectivity index (χ0n) is 13.3. The summed E-state index contributed by atoms with van der Waals surface area (Å²) in [5.41, 5.74) is 1.39. The molecular formula is C17H21FN4O. The van der Waals surface area contributed by atoms with Crippen molar-refractivity contribution in [1.82, 2.24) is 15.3 Å². The molecule has 1 aromatic heterocycles. The van der Waals surface area contributed by atoms with E-state index in [9.17, 15) is 4.39 Å². The van der Waals surface area contributed by atoms with Crippen molar-refractivity contribution in [3.8, 4) is 17.0 Å². The molecule has 6 heteroatoms. The smallest absolute Gasteiger partial charge is 0.223 e. The summed E-state index contributed by atoms with van der Waals surface area (Å²) in [6.07, 6.45) is 2.66. The van der Waals surface area contributed by atoms with E-state index in [2.05, 4.69) is 20.6 Å². The Bertz CT molecular complexity index is 671. The van der Waals surface area contributed by atoms with Crippen molar-refractivity contribution in [2.75, 3.05) is 18.4 Å². The van der Waals surface area contributed by atoms with Crippen molar-refractivity contribution in [3.63, 3.8) is 0 Å². The number of aromatic nitrogens is 2. The van der Waals surface area contributed by atoms with Gasteiger partial charge in [-0.2, -0.15) is 0 Å². The Kier molecular flexibility index (Phi) is 4.71. The Morgan fingerprint density at radius 2 is 2.22 bits per heavy atom. The van der Waals surface area contributed by atoms with E-state index < -0.39 is 0 Å². The third kappa shape index (κ3) is 3.96. The van der Waals surface area contributed by atoms with Gasteiger partial charge in [0.2, 0.25) is 5.95 Å². The molecule has 2 N–H and O–H groups in total. The number of benzene rings is 1. The van der Waals surface area contributed by atoms with Gasteiger partial charge in [0, 0.05) is 24.3 Å². The lowest BCUT2D eigenvalue weighted by Crippen LogP contribution is -2.23. The van der Waals surface area contributed by atoms with Crippen LogP contribution in [-0.2, 0) is 0 Å². The monoisotopic (exact) mass is 316 g/mol. The van der Waals surface area contributed by atoms with Gasteiger partial charge in [0.25, 0.3) is 0 Å². The zero-order chi connectivity index (χ0) is 16.2. The van der Waals surface area contributed by atoms with E-state index >= 15 is 0 Å². The molecule has 0 amide bonds. The summed E-state index contributed by atoms with van der Waals surface area (Å²) in [5.74, 6) is 0.441. The maximum absolute atomic E-state index is 14.1. The predicted molar refractivity (Wildman–Crippen MR) is 88.1 cm³/mol. The molecule has 1 saturated heterocycles. The number of nitrogens with one attached hydrogen (secondary N) is 2. The summed E-state index contributed by atoms with van der Waals surface area (Å²) in [6.45, 7) is 5.64. The molecule has 1 aliphatic heterocycles. The van der Waals surface area contributed by atoms with E-state index in [1.165, 1.54) is 6.07 Å². The molecule has 5 nitrogen and oxygen atoms in total. The zero-order valence-corrected chi connectivity index (χ0v) is 13.3. The fraction of sp³-hybridized carbons (Fsp3) is 0.412. The number of ether oxygens (including phenoxy) is 1. The van der Waals surface area contributed by atoms with Gasteiger partial charge in [-0.3, -0.25) is 0 Å². The Morgan fingerprint density at radius 3 is 2.91 bits per heavy atom. The molecule has 1 aliphatic rings. The second-order valence-corrected chi connectivity index (χ2v) is 5.91. The molecule has 1 atom stereocenters. The summed E-state index contributed by atoms with van der Waals surface area (Å²) < 4.78 is 19.6. The van der Waals surface area contributed by atoms with Crippen molar-refractivity contribution in [3.05, 3.63) is 36.3 Å². The predicted octanol–water partition coefficient (Wildman–Crippen LogP) is 2.84. The average molecular weight is 316 g/mol. The van der Waals surface area contributed by atoms with Crippen LogP contribution in [0.4, 0.5) is 10.3 Å². The largest absolute Gasteiger partial charge is 0.488 e. The van der Waals surface area contributed by atoms with E-state index in [4.69, 9.17) is 4.74 Å². The summed E-state index contributed by atoms with van der Waals surface area (Å²) in [7, 11) is 0. The topological polar surface area (TPSA) is 59.1 Å². The van der Waals surface area contributed by atoms with Gasteiger partial charge in [0.15, 0.2) is 11.6 Å². The molecule has 0 aliphatic carbocycles. The highest BCUT2D eigenvalue weighted by Crippen LogP contribution is 2.25. The van der Waals surface area contributed by atoms with Gasteiger partial charge in [0.1, 0.15) is 0 Å². The van der Waals surface area contributed by atoms with Crippen LogP contribution in [0.5, 0.6) is 5.75 Å². The second-order valence-electron chi connectivity index (χ2n) is 5.91. The maximum atomic E-state index is 14.1. The van der Waals surface area contributed by atoms with E-state index in [1.54, 1.807) is 18.3 Å². The SMILES string of the molecule is CC(C)Oc1ccc(-c2ccnc(NC3CCNC3)n2)cc1F. The van der Waals surface area contributed by atoms with Crippen LogP contribution in [0.1, 0.15) is 20.3 Å². The molecule has 1 fully saturated rings. The van der Waals surface area contributed by atoms with E-state index in [0.717, 1.165) is 19.5 Å². The van der Waals surface area contributed by atoms with Gasteiger partial charge in [0.05, 0.1) is 11.8 Å². The van der Waals surface area contributed by atoms with Crippen LogP contribution in [0.3, 0.4) is 0 Å². The number of hydrogen-bond acceptors (Lipinski definition) is 5. The van der Waals surface area contributed by atoms with Crippen LogP contribution < -0.4 is 15.4 Å². The number of hydrogen-bond donors (Lipinski definition) is 2. The fourth-order valence-corrected chi connectivity index (χ4v) is 2.56. The summed E-state index contributed by atoms with van der Waals surface area (Å²) >= 11 is 0. The van der Waals surface area contributed by atoms with Crippen molar-refractivity contribution < 1.29 is 9.13 Å². The fourth-order valence-electron chi connectivity index (χ4n) is 2.56. The minimum absolute atomic E-state index is 0.0646. The van der Waals surface area contributed by atoms with Crippen LogP contribution in [0.2, 0.25) is 0 Å². The highest BCUT2D eigenvalue weighted by Gasteiger charge is 2.15. The van der Waals surface area contributed by atoms with Gasteiger partial charge >= 0.3 is 0 Å². The molecule has 23 heavy (non-hydrogen) atoms. The van der Waals surface area contributed by atoms with Crippen LogP contribution >= 0.6 is 0 Å². The summed E-state index contributed by atoms with van der Waals surface area (Å²) in [6, 6.07) is 7.01. The van der Waals surface area contributed by atoms with E-state index in [0.29, 0.717) is 23.2 Å². The lowest BCUT2D eigenvalue weighted by Gasteiger charge is -2.13. The molecule has 2 heterocycles. The van der Waals surface area contributed by atoms with Gasteiger partial charge < -0.3 is 15.4 Å². The third-order valence-electron chi connectivity index (χ3n) is 3.64. The minimum Gasteiger partial charge on any atom is -0.488 e. The quantitative estimate of drug-likeness (QED) is 0.888. The van der Waals surface area contributed by atoms with E-state index in [1.807, 2.05) is 19.9 Å². The summed E-state index contributed by atoms with van der Waals surface area (Å²) in [4.78, 5) is 8.72. The molecule has 0 spiro atoms. The second kappa shape index (κ2) is 6.91. The van der Waals surface area contributed by atoms with E-state index in [-0.39, 0.29) is 17.7 Å². The molecule has 122 valence electrons. The number of rotatable bonds is 5. The molecule has 1 aromatic carbocycles. The molecular weight excluding hydrogens is 295 g/mol. The van der Waals surface area contributed by atoms with Crippen molar-refractivity contribution in [1.29, 1.82) is 0 Å². The molecule has 1 unspecified atom stereocenters. The van der Waals surface area contributed by atoms with Crippen LogP contribution in [-0.4, -0.2) is 35.2 Å². The first kappa shape index (κ1) is 15.7. The third-order valence-corrected chi connectivity index (χ3v) is 3.64. The van der Waals surface area contributed by atoms with Crippen LogP contribution in [0.25, 0.3) is 11.3 Å². The van der Waals surface area contributed by atoms with Crippen molar-refractivity contribution >= 4 is 5.95 Å². The lowest BCUT2D eigenvalue weighted by molar-refractivity contribution is 0.231. The maximum Gasteiger partial charge on any atom is 0.223 e. The Labute approximate surface area is 135 Å². The summed E-state index contributed by atoms with van der Waals surface area (Å²) in [5, 5.41) is 6.59. The minimum atomic E-state index is -0.385. The first-order valence-corrected chi connectivity index (χ1v) is 7.88. The molecule has 3 rings (SSSR count). The molecule has 0 bridgehead atoms. The first-order valence-electron chi connectivity index (χ1n) is 7.88. The number of nitrogens with zero attached hydrogens (tertiary/aromatic N) is 2. The Hall–Kier alpha value is -2.21. The highest BCUT2D eigenvalue weighted by molar-refractivity contribution is 5.61. The Morgan fingerprint density at radius 1 is 1.35 bits per heavy atom.